The third kappa shape index (κ3) is 4.38. The molecule has 0 bridgehead atoms. The highest BCUT2D eigenvalue weighted by molar-refractivity contribution is 6.30. The molecule has 0 amide bonds. The molecule has 2 aromatic heterocycles. The number of nitrogens with zero attached hydrogens (tertiary/aromatic N) is 4. The molecule has 0 aliphatic carbocycles. The summed E-state index contributed by atoms with van der Waals surface area (Å²) in [6.45, 7) is 18.5. The summed E-state index contributed by atoms with van der Waals surface area (Å²) in [5, 5.41) is 22.5. The summed E-state index contributed by atoms with van der Waals surface area (Å²) in [6.07, 6.45) is 5.41. The zero-order valence-electron chi connectivity index (χ0n) is 23.2. The van der Waals surface area contributed by atoms with Gasteiger partial charge in [-0.2, -0.15) is 10.5 Å². The van der Waals surface area contributed by atoms with Gasteiger partial charge < -0.3 is 9.97 Å². The van der Waals surface area contributed by atoms with Gasteiger partial charge in [-0.1, -0.05) is 39.3 Å². The summed E-state index contributed by atoms with van der Waals surface area (Å²) in [5.41, 5.74) is 6.90. The minimum atomic E-state index is -0.857. The van der Waals surface area contributed by atoms with E-state index in [1.165, 1.54) is 0 Å². The standard InChI is InChI=1S/C30H35ClN6/c1-16-17(2)23(34-21(16)10-22-18(3)19(4)27(31)36-22)11-26-28(5,6)12-24(35-26)20(14-32)25-13-29(7,8)30(9,15-33)37-25/h10-11,34,36H,12-13H2,1-9H3. The summed E-state index contributed by atoms with van der Waals surface area (Å²) in [4.78, 5) is 16.5. The van der Waals surface area contributed by atoms with Gasteiger partial charge in [0.15, 0.2) is 0 Å². The van der Waals surface area contributed by atoms with Crippen molar-refractivity contribution in [2.75, 3.05) is 0 Å². The molecule has 1 unspecified atom stereocenters. The molecule has 2 aliphatic heterocycles. The lowest BCUT2D eigenvalue weighted by Crippen LogP contribution is -2.34. The molecule has 2 N–H and O–H groups in total. The van der Waals surface area contributed by atoms with Crippen LogP contribution in [0, 0.1) is 61.2 Å². The molecule has 2 aliphatic rings. The summed E-state index contributed by atoms with van der Waals surface area (Å²) in [6, 6.07) is 4.71. The Hall–Kier alpha value is -3.35. The van der Waals surface area contributed by atoms with Crippen LogP contribution in [0.2, 0.25) is 5.15 Å². The summed E-state index contributed by atoms with van der Waals surface area (Å²) >= 11 is 6.30. The topological polar surface area (TPSA) is 104 Å². The van der Waals surface area contributed by atoms with E-state index < -0.39 is 5.54 Å². The van der Waals surface area contributed by atoms with E-state index >= 15 is 0 Å². The van der Waals surface area contributed by atoms with Crippen molar-refractivity contribution in [3.8, 4) is 12.1 Å². The molecule has 0 saturated carbocycles. The van der Waals surface area contributed by atoms with Crippen LogP contribution in [-0.4, -0.2) is 26.9 Å². The number of rotatable bonds is 3. The van der Waals surface area contributed by atoms with Gasteiger partial charge in [0.05, 0.1) is 23.1 Å². The van der Waals surface area contributed by atoms with E-state index in [1.807, 2.05) is 27.7 Å². The Kier molecular flexibility index (Phi) is 6.42. The molecule has 0 fully saturated rings. The largest absolute Gasteiger partial charge is 0.355 e. The fourth-order valence-electron chi connectivity index (χ4n) is 5.01. The van der Waals surface area contributed by atoms with Gasteiger partial charge in [-0.25, -0.2) is 0 Å². The van der Waals surface area contributed by atoms with Gasteiger partial charge in [-0.15, -0.1) is 0 Å². The van der Waals surface area contributed by atoms with Crippen molar-refractivity contribution in [1.82, 2.24) is 9.97 Å². The van der Waals surface area contributed by atoms with Crippen LogP contribution in [0.15, 0.2) is 21.3 Å². The fourth-order valence-corrected chi connectivity index (χ4v) is 5.25. The quantitative estimate of drug-likeness (QED) is 0.517. The van der Waals surface area contributed by atoms with Gasteiger partial charge in [-0.3, -0.25) is 9.98 Å². The monoisotopic (exact) mass is 514 g/mol. The highest BCUT2D eigenvalue weighted by atomic mass is 35.5. The summed E-state index contributed by atoms with van der Waals surface area (Å²) < 4.78 is 0. The fraction of sp³-hybridized carbons (Fsp3) is 0.467. The maximum atomic E-state index is 10.1. The van der Waals surface area contributed by atoms with Gasteiger partial charge in [0.1, 0.15) is 16.8 Å². The first-order valence-corrected chi connectivity index (χ1v) is 13.0. The lowest BCUT2D eigenvalue weighted by atomic mass is 9.74. The second-order valence-corrected chi connectivity index (χ2v) is 12.3. The van der Waals surface area contributed by atoms with Crippen LogP contribution in [-0.2, 0) is 0 Å². The van der Waals surface area contributed by atoms with Crippen molar-refractivity contribution in [3.05, 3.63) is 55.1 Å². The first-order chi connectivity index (χ1) is 17.1. The van der Waals surface area contributed by atoms with Gasteiger partial charge in [0.2, 0.25) is 0 Å². The van der Waals surface area contributed by atoms with E-state index in [4.69, 9.17) is 21.6 Å². The van der Waals surface area contributed by atoms with Crippen LogP contribution >= 0.6 is 11.6 Å². The molecule has 6 nitrogen and oxygen atoms in total. The SMILES string of the molecule is Cc1c(Cl)[nH]c(C=c2[nH]c(=CC3=NC(=C(C#N)C4=NC(C)(C#N)C(C)(C)C4)CC3(C)C)c(C)c2C)c1C. The van der Waals surface area contributed by atoms with E-state index in [2.05, 4.69) is 68.9 Å². The van der Waals surface area contributed by atoms with Crippen LogP contribution in [0.1, 0.15) is 75.4 Å². The first-order valence-electron chi connectivity index (χ1n) is 12.6. The lowest BCUT2D eigenvalue weighted by molar-refractivity contribution is 0.276. The molecule has 1 atom stereocenters. The van der Waals surface area contributed by atoms with Gasteiger partial charge >= 0.3 is 0 Å². The van der Waals surface area contributed by atoms with E-state index in [0.29, 0.717) is 29.3 Å². The smallest absolute Gasteiger partial charge is 0.149 e. The predicted octanol–water partition coefficient (Wildman–Crippen LogP) is 5.64. The van der Waals surface area contributed by atoms with Crippen LogP contribution in [0.3, 0.4) is 0 Å². The third-order valence-corrected chi connectivity index (χ3v) is 8.88. The number of aromatic nitrogens is 2. The molecule has 192 valence electrons. The first kappa shape index (κ1) is 26.7. The zero-order valence-corrected chi connectivity index (χ0v) is 24.0. The van der Waals surface area contributed by atoms with Gasteiger partial charge in [0.25, 0.3) is 0 Å². The molecule has 4 heterocycles. The minimum absolute atomic E-state index is 0.249. The molecule has 0 saturated heterocycles. The number of hydrogen-bond donors (Lipinski definition) is 2. The van der Waals surface area contributed by atoms with E-state index in [1.54, 1.807) is 0 Å². The average molecular weight is 515 g/mol. The Labute approximate surface area is 224 Å². The molecule has 0 radical (unpaired) electrons. The number of nitriles is 2. The van der Waals surface area contributed by atoms with Crippen LogP contribution in [0.25, 0.3) is 12.2 Å². The minimum Gasteiger partial charge on any atom is -0.355 e. The predicted molar refractivity (Wildman–Crippen MR) is 151 cm³/mol. The summed E-state index contributed by atoms with van der Waals surface area (Å²) in [7, 11) is 0. The molecule has 7 heteroatoms. The number of H-pyrrole nitrogens is 2. The van der Waals surface area contributed by atoms with E-state index in [0.717, 1.165) is 50.1 Å². The summed E-state index contributed by atoms with van der Waals surface area (Å²) in [5.74, 6) is 0. The molecule has 2 aromatic rings. The molecular formula is C30H35ClN6. The Morgan fingerprint density at radius 3 is 2.03 bits per heavy atom. The number of nitrogens with one attached hydrogen (secondary N) is 2. The number of aromatic amines is 2. The number of halogens is 1. The van der Waals surface area contributed by atoms with Crippen LogP contribution in [0.4, 0.5) is 0 Å². The van der Waals surface area contributed by atoms with Crippen molar-refractivity contribution in [2.24, 2.45) is 20.8 Å². The Balaban J connectivity index is 1.82. The van der Waals surface area contributed by atoms with Crippen molar-refractivity contribution in [1.29, 1.82) is 10.5 Å². The molecule has 0 spiro atoms. The number of allylic oxidation sites excluding steroid dienone is 2. The number of aliphatic imine (C=N–C) groups is 2. The second-order valence-electron chi connectivity index (χ2n) is 11.9. The Morgan fingerprint density at radius 1 is 0.892 bits per heavy atom. The third-order valence-electron chi connectivity index (χ3n) is 8.50. The van der Waals surface area contributed by atoms with E-state index in [9.17, 15) is 10.5 Å². The molecule has 4 rings (SSSR count). The van der Waals surface area contributed by atoms with Crippen molar-refractivity contribution in [3.63, 3.8) is 0 Å². The number of hydrogen-bond acceptors (Lipinski definition) is 4. The van der Waals surface area contributed by atoms with Crippen LogP contribution < -0.4 is 10.7 Å². The highest BCUT2D eigenvalue weighted by Crippen LogP contribution is 2.45. The van der Waals surface area contributed by atoms with E-state index in [-0.39, 0.29) is 10.8 Å². The lowest BCUT2D eigenvalue weighted by Gasteiger charge is -2.29. The second kappa shape index (κ2) is 8.89. The molecular weight excluding hydrogens is 480 g/mol. The molecule has 0 aromatic carbocycles. The van der Waals surface area contributed by atoms with Crippen LogP contribution in [0.5, 0.6) is 0 Å². The maximum Gasteiger partial charge on any atom is 0.149 e. The zero-order chi connectivity index (χ0) is 27.5. The highest BCUT2D eigenvalue weighted by Gasteiger charge is 2.48. The Bertz CT molecular complexity index is 1610. The maximum absolute atomic E-state index is 10.1. The Morgan fingerprint density at radius 2 is 1.51 bits per heavy atom. The normalized spacial score (nSPS) is 24.6. The van der Waals surface area contributed by atoms with Gasteiger partial charge in [-0.05, 0) is 75.4 Å². The van der Waals surface area contributed by atoms with Crippen molar-refractivity contribution in [2.45, 2.75) is 80.7 Å². The van der Waals surface area contributed by atoms with Crippen molar-refractivity contribution < 1.29 is 0 Å². The average Bonchev–Trinajstić information content (AvgIpc) is 3.43. The van der Waals surface area contributed by atoms with Gasteiger partial charge in [0, 0.05) is 39.4 Å². The molecule has 37 heavy (non-hydrogen) atoms. The van der Waals surface area contributed by atoms with Crippen molar-refractivity contribution >= 4 is 35.2 Å².